The van der Waals surface area contributed by atoms with E-state index in [-0.39, 0.29) is 3.57 Å². The number of benzene rings is 1. The number of hydrogen-bond donors (Lipinski definition) is 0. The maximum absolute atomic E-state index is 14.8. The summed E-state index contributed by atoms with van der Waals surface area (Å²) in [6, 6.07) is 3.31. The van der Waals surface area contributed by atoms with E-state index in [1.54, 1.807) is 22.6 Å². The quantitative estimate of drug-likeness (QED) is 0.292. The Kier molecular flexibility index (Phi) is 5.07. The SMILES string of the molecule is CC(C)[Si](C(C)C)(C(C)C)n1ccc2cc(F)c(I)c(F)c21. The van der Waals surface area contributed by atoms with Gasteiger partial charge in [-0.15, -0.1) is 0 Å². The molecular formula is C17H24F2INSi. The molecule has 0 radical (unpaired) electrons. The Balaban J connectivity index is 2.90. The highest BCUT2D eigenvalue weighted by molar-refractivity contribution is 14.1. The maximum Gasteiger partial charge on any atom is 0.169 e. The van der Waals surface area contributed by atoms with Crippen LogP contribution >= 0.6 is 22.6 Å². The number of nitrogens with zero attached hydrogens (tertiary/aromatic N) is 1. The van der Waals surface area contributed by atoms with Gasteiger partial charge in [-0.05, 0) is 57.5 Å². The molecule has 2 rings (SSSR count). The van der Waals surface area contributed by atoms with Crippen LogP contribution in [0, 0.1) is 15.2 Å². The van der Waals surface area contributed by atoms with Crippen LogP contribution < -0.4 is 0 Å². The largest absolute Gasteiger partial charge is 0.371 e. The summed E-state index contributed by atoms with van der Waals surface area (Å²) in [6.07, 6.45) is 1.98. The standard InChI is InChI=1S/C17H24F2INSi/c1-10(2)22(11(3)4,12(5)6)21-8-7-13-9-14(18)16(20)15(19)17(13)21/h7-12H,1-6H3. The minimum atomic E-state index is -2.04. The van der Waals surface area contributed by atoms with Crippen molar-refractivity contribution in [2.24, 2.45) is 0 Å². The molecule has 0 N–H and O–H groups in total. The van der Waals surface area contributed by atoms with Crippen LogP contribution in [-0.2, 0) is 0 Å². The minimum Gasteiger partial charge on any atom is -0.371 e. The average Bonchev–Trinajstić information content (AvgIpc) is 2.79. The molecule has 0 aliphatic rings. The zero-order valence-electron chi connectivity index (χ0n) is 14.0. The molecule has 1 aromatic heterocycles. The Morgan fingerprint density at radius 1 is 1.00 bits per heavy atom. The first kappa shape index (κ1) is 17.9. The molecule has 0 amide bonds. The van der Waals surface area contributed by atoms with Crippen LogP contribution in [0.25, 0.3) is 10.9 Å². The lowest BCUT2D eigenvalue weighted by Crippen LogP contribution is -2.51. The molecular weight excluding hydrogens is 411 g/mol. The van der Waals surface area contributed by atoms with E-state index in [9.17, 15) is 8.78 Å². The highest BCUT2D eigenvalue weighted by Gasteiger charge is 2.46. The zero-order chi connectivity index (χ0) is 16.8. The number of hydrogen-bond acceptors (Lipinski definition) is 0. The van der Waals surface area contributed by atoms with Gasteiger partial charge in [-0.3, -0.25) is 0 Å². The van der Waals surface area contributed by atoms with Crippen molar-refractivity contribution in [3.05, 3.63) is 33.5 Å². The first-order chi connectivity index (χ1) is 10.2. The molecule has 0 saturated heterocycles. The third-order valence-corrected chi connectivity index (χ3v) is 12.7. The number of aromatic nitrogens is 1. The summed E-state index contributed by atoms with van der Waals surface area (Å²) in [5, 5.41) is 0.661. The molecule has 0 bridgehead atoms. The summed E-state index contributed by atoms with van der Waals surface area (Å²) < 4.78 is 31.0. The molecule has 1 aromatic carbocycles. The van der Waals surface area contributed by atoms with Gasteiger partial charge in [-0.25, -0.2) is 8.78 Å². The first-order valence-electron chi connectivity index (χ1n) is 7.80. The van der Waals surface area contributed by atoms with E-state index in [0.717, 1.165) is 0 Å². The smallest absolute Gasteiger partial charge is 0.169 e. The third-order valence-electron chi connectivity index (χ3n) is 5.00. The van der Waals surface area contributed by atoms with Crippen LogP contribution in [0.15, 0.2) is 18.3 Å². The summed E-state index contributed by atoms with van der Waals surface area (Å²) in [5.41, 5.74) is 1.97. The fraction of sp³-hybridized carbons (Fsp3) is 0.529. The van der Waals surface area contributed by atoms with Crippen molar-refractivity contribution >= 4 is 41.7 Å². The fourth-order valence-corrected chi connectivity index (χ4v) is 11.4. The van der Waals surface area contributed by atoms with E-state index in [4.69, 9.17) is 0 Å². The van der Waals surface area contributed by atoms with Crippen LogP contribution in [-0.4, -0.2) is 12.5 Å². The van der Waals surface area contributed by atoms with Gasteiger partial charge in [0.2, 0.25) is 0 Å². The van der Waals surface area contributed by atoms with Gasteiger partial charge in [0.05, 0.1) is 9.09 Å². The lowest BCUT2D eigenvalue weighted by atomic mass is 10.2. The molecule has 0 aliphatic carbocycles. The highest BCUT2D eigenvalue weighted by Crippen LogP contribution is 2.44. The molecule has 1 nitrogen and oxygen atoms in total. The van der Waals surface area contributed by atoms with Crippen molar-refractivity contribution in [1.82, 2.24) is 4.23 Å². The summed E-state index contributed by atoms with van der Waals surface area (Å²) in [4.78, 5) is 0. The molecule has 0 atom stereocenters. The van der Waals surface area contributed by atoms with Crippen molar-refractivity contribution in [3.63, 3.8) is 0 Å². The zero-order valence-corrected chi connectivity index (χ0v) is 17.2. The van der Waals surface area contributed by atoms with E-state index in [1.165, 1.54) is 6.07 Å². The van der Waals surface area contributed by atoms with Crippen LogP contribution in [0.4, 0.5) is 8.78 Å². The predicted octanol–water partition coefficient (Wildman–Crippen LogP) is 6.55. The Bertz CT molecular complexity index is 670. The van der Waals surface area contributed by atoms with Crippen molar-refractivity contribution < 1.29 is 8.78 Å². The molecule has 0 fully saturated rings. The van der Waals surface area contributed by atoms with E-state index in [0.29, 0.717) is 27.5 Å². The van der Waals surface area contributed by atoms with Crippen molar-refractivity contribution in [3.8, 4) is 0 Å². The van der Waals surface area contributed by atoms with Gasteiger partial charge < -0.3 is 4.23 Å². The predicted molar refractivity (Wildman–Crippen MR) is 101 cm³/mol. The topological polar surface area (TPSA) is 4.93 Å². The van der Waals surface area contributed by atoms with Crippen LogP contribution in [0.5, 0.6) is 0 Å². The molecule has 2 aromatic rings. The summed E-state index contributed by atoms with van der Waals surface area (Å²) in [5.74, 6) is -0.895. The monoisotopic (exact) mass is 435 g/mol. The maximum atomic E-state index is 14.8. The van der Waals surface area contributed by atoms with E-state index >= 15 is 0 Å². The number of fused-ring (bicyclic) bond motifs is 1. The normalized spacial score (nSPS) is 13.1. The van der Waals surface area contributed by atoms with Gasteiger partial charge in [0.25, 0.3) is 0 Å². The van der Waals surface area contributed by atoms with Crippen molar-refractivity contribution in [2.75, 3.05) is 0 Å². The third kappa shape index (κ3) is 2.44. The Hall–Kier alpha value is -0.433. The molecule has 0 aliphatic heterocycles. The first-order valence-corrected chi connectivity index (χ1v) is 11.1. The van der Waals surface area contributed by atoms with E-state index in [1.807, 2.05) is 12.3 Å². The van der Waals surface area contributed by atoms with Gasteiger partial charge in [0.15, 0.2) is 14.1 Å². The van der Waals surface area contributed by atoms with Gasteiger partial charge in [0.1, 0.15) is 5.82 Å². The lowest BCUT2D eigenvalue weighted by Gasteiger charge is -2.44. The molecule has 5 heteroatoms. The molecule has 22 heavy (non-hydrogen) atoms. The van der Waals surface area contributed by atoms with Crippen LogP contribution in [0.1, 0.15) is 41.5 Å². The Morgan fingerprint density at radius 2 is 1.50 bits per heavy atom. The number of rotatable bonds is 4. The number of halogens is 3. The summed E-state index contributed by atoms with van der Waals surface area (Å²) in [6.45, 7) is 13.4. The van der Waals surface area contributed by atoms with E-state index < -0.39 is 19.9 Å². The van der Waals surface area contributed by atoms with Crippen molar-refractivity contribution in [1.29, 1.82) is 0 Å². The summed E-state index contributed by atoms with van der Waals surface area (Å²) >= 11 is 1.76. The van der Waals surface area contributed by atoms with Gasteiger partial charge in [-0.2, -0.15) is 0 Å². The van der Waals surface area contributed by atoms with E-state index in [2.05, 4.69) is 45.8 Å². The molecule has 0 unspecified atom stereocenters. The fourth-order valence-electron chi connectivity index (χ4n) is 4.36. The molecule has 122 valence electrons. The Morgan fingerprint density at radius 3 is 1.95 bits per heavy atom. The second-order valence-electron chi connectivity index (χ2n) is 6.96. The van der Waals surface area contributed by atoms with Crippen molar-refractivity contribution in [2.45, 2.75) is 58.2 Å². The van der Waals surface area contributed by atoms with Gasteiger partial charge in [0, 0.05) is 5.39 Å². The molecule has 0 spiro atoms. The average molecular weight is 435 g/mol. The lowest BCUT2D eigenvalue weighted by molar-refractivity contribution is 0.576. The van der Waals surface area contributed by atoms with Crippen LogP contribution in [0.3, 0.4) is 0 Å². The molecule has 0 saturated carbocycles. The van der Waals surface area contributed by atoms with Crippen LogP contribution in [0.2, 0.25) is 16.6 Å². The minimum absolute atomic E-state index is 0.0872. The summed E-state index contributed by atoms with van der Waals surface area (Å²) in [7, 11) is -2.04. The van der Waals surface area contributed by atoms with Gasteiger partial charge in [-0.1, -0.05) is 41.5 Å². The second-order valence-corrected chi connectivity index (χ2v) is 13.8. The highest BCUT2D eigenvalue weighted by atomic mass is 127. The second kappa shape index (κ2) is 6.22. The van der Waals surface area contributed by atoms with Gasteiger partial charge >= 0.3 is 0 Å². The Labute approximate surface area is 146 Å². The molecule has 1 heterocycles.